The fourth-order valence-corrected chi connectivity index (χ4v) is 0.858. The Labute approximate surface area is 87.6 Å². The van der Waals surface area contributed by atoms with E-state index in [2.05, 4.69) is 0 Å². The van der Waals surface area contributed by atoms with Gasteiger partial charge >= 0.3 is 5.97 Å². The molecule has 0 bridgehead atoms. The van der Waals surface area contributed by atoms with Crippen LogP contribution in [-0.4, -0.2) is 17.0 Å². The van der Waals surface area contributed by atoms with E-state index in [1.165, 1.54) is 6.08 Å². The minimum Gasteiger partial charge on any atom is -0.478 e. The van der Waals surface area contributed by atoms with Gasteiger partial charge in [-0.2, -0.15) is 0 Å². The van der Waals surface area contributed by atoms with Crippen LogP contribution in [0.1, 0.15) is 6.42 Å². The molecule has 0 heterocycles. The minimum atomic E-state index is -1.08. The second-order valence-electron chi connectivity index (χ2n) is 2.10. The smallest absolute Gasteiger partial charge is 0.336 e. The summed E-state index contributed by atoms with van der Waals surface area (Å²) in [5.74, 6) is 0.525. The number of carboxylic acids is 1. The van der Waals surface area contributed by atoms with E-state index in [1.54, 1.807) is 18.1 Å². The van der Waals surface area contributed by atoms with Gasteiger partial charge in [-0.3, -0.25) is 0 Å². The highest BCUT2D eigenvalue weighted by Gasteiger charge is 2.14. The van der Waals surface area contributed by atoms with Gasteiger partial charge in [0.1, 0.15) is 5.94 Å². The van der Waals surface area contributed by atoms with Gasteiger partial charge in [-0.05, 0) is 6.08 Å². The molecule has 3 nitrogen and oxygen atoms in total. The summed E-state index contributed by atoms with van der Waals surface area (Å²) in [5.41, 5.74) is 0.252. The van der Waals surface area contributed by atoms with Crippen LogP contribution in [0.25, 0.3) is 0 Å². The third-order valence-corrected chi connectivity index (χ3v) is 1.40. The summed E-state index contributed by atoms with van der Waals surface area (Å²) in [5, 5.41) is 8.54. The maximum atomic E-state index is 10.4. The second kappa shape index (κ2) is 6.49. The number of carboxylic acid groups (broad SMARTS) is 1. The molecule has 0 aromatic rings. The van der Waals surface area contributed by atoms with Crippen molar-refractivity contribution in [2.24, 2.45) is 0 Å². The number of carbonyl (C=O) groups excluding carboxylic acids is 1. The van der Waals surface area contributed by atoms with E-state index in [4.69, 9.17) is 5.11 Å². The molecular formula is C8H8Cl2O3. The Bertz CT molecular complexity index is 299. The fourth-order valence-electron chi connectivity index (χ4n) is 0.858. The molecule has 13 heavy (non-hydrogen) atoms. The number of allylic oxidation sites excluding steroid dienone is 3. The molecule has 0 unspecified atom stereocenters. The Balaban J connectivity index is 0. The van der Waals surface area contributed by atoms with Crippen LogP contribution in [0, 0.1) is 0 Å². The van der Waals surface area contributed by atoms with Crippen LogP contribution in [0.2, 0.25) is 0 Å². The van der Waals surface area contributed by atoms with E-state index < -0.39 is 5.97 Å². The van der Waals surface area contributed by atoms with Crippen molar-refractivity contribution in [3.63, 3.8) is 0 Å². The van der Waals surface area contributed by atoms with E-state index in [9.17, 15) is 9.59 Å². The van der Waals surface area contributed by atoms with Crippen LogP contribution < -0.4 is 0 Å². The highest BCUT2D eigenvalue weighted by atomic mass is 35.5. The molecule has 1 aliphatic rings. The lowest BCUT2D eigenvalue weighted by molar-refractivity contribution is -0.132. The summed E-state index contributed by atoms with van der Waals surface area (Å²) >= 11 is 0. The van der Waals surface area contributed by atoms with E-state index in [0.717, 1.165) is 0 Å². The molecule has 0 aromatic carbocycles. The first-order chi connectivity index (χ1) is 5.25. The zero-order valence-corrected chi connectivity index (χ0v) is 8.15. The monoisotopic (exact) mass is 222 g/mol. The molecule has 0 atom stereocenters. The lowest BCUT2D eigenvalue weighted by Crippen LogP contribution is -2.05. The lowest BCUT2D eigenvalue weighted by Gasteiger charge is -2.03. The molecule has 0 amide bonds. The van der Waals surface area contributed by atoms with Gasteiger partial charge < -0.3 is 5.11 Å². The summed E-state index contributed by atoms with van der Waals surface area (Å²) in [6.45, 7) is 0. The van der Waals surface area contributed by atoms with Gasteiger partial charge in [0.05, 0.1) is 11.1 Å². The number of hydrogen-bond donors (Lipinski definition) is 1. The zero-order valence-electron chi connectivity index (χ0n) is 6.52. The van der Waals surface area contributed by atoms with Crippen molar-refractivity contribution >= 4 is 36.7 Å². The van der Waals surface area contributed by atoms with Crippen LogP contribution in [0.3, 0.4) is 0 Å². The fraction of sp³-hybridized carbons (Fsp3) is 0.125. The van der Waals surface area contributed by atoms with Gasteiger partial charge in [-0.1, -0.05) is 12.2 Å². The lowest BCUT2D eigenvalue weighted by atomic mass is 10.0. The highest BCUT2D eigenvalue weighted by molar-refractivity contribution is 5.95. The Hall–Kier alpha value is -1.02. The SMILES string of the molecule is Cl.Cl.O=C=C1CC=CC=C1C(=O)O. The standard InChI is InChI=1S/C8H6O3.2ClH/c9-5-6-3-1-2-4-7(6)8(10)11;;/h1-2,4H,3H2,(H,10,11);2*1H. The van der Waals surface area contributed by atoms with Crippen molar-refractivity contribution in [2.75, 3.05) is 0 Å². The van der Waals surface area contributed by atoms with E-state index in [1.807, 2.05) is 0 Å². The van der Waals surface area contributed by atoms with Gasteiger partial charge in [0, 0.05) is 6.42 Å². The summed E-state index contributed by atoms with van der Waals surface area (Å²) in [6, 6.07) is 0. The number of carbonyl (C=O) groups is 1. The summed E-state index contributed by atoms with van der Waals surface area (Å²) < 4.78 is 0. The van der Waals surface area contributed by atoms with Crippen molar-refractivity contribution in [2.45, 2.75) is 6.42 Å². The molecule has 0 aromatic heterocycles. The van der Waals surface area contributed by atoms with Crippen LogP contribution in [0.4, 0.5) is 0 Å². The molecule has 0 fully saturated rings. The molecule has 0 saturated carbocycles. The molecule has 1 rings (SSSR count). The molecule has 0 aliphatic heterocycles. The van der Waals surface area contributed by atoms with E-state index in [0.29, 0.717) is 6.42 Å². The summed E-state index contributed by atoms with van der Waals surface area (Å²) in [7, 11) is 0. The van der Waals surface area contributed by atoms with E-state index in [-0.39, 0.29) is 36.0 Å². The number of hydrogen-bond acceptors (Lipinski definition) is 2. The van der Waals surface area contributed by atoms with Gasteiger partial charge in [-0.15, -0.1) is 24.8 Å². The number of aliphatic carboxylic acids is 1. The molecule has 72 valence electrons. The Kier molecular flexibility index (Phi) is 7.24. The first kappa shape index (κ1) is 14.5. The van der Waals surface area contributed by atoms with Gasteiger partial charge in [0.2, 0.25) is 0 Å². The first-order valence-electron chi connectivity index (χ1n) is 3.10. The van der Waals surface area contributed by atoms with Crippen molar-refractivity contribution < 1.29 is 14.7 Å². The van der Waals surface area contributed by atoms with E-state index >= 15 is 0 Å². The topological polar surface area (TPSA) is 54.4 Å². The van der Waals surface area contributed by atoms with Crippen LogP contribution in [-0.2, 0) is 9.59 Å². The van der Waals surface area contributed by atoms with Gasteiger partial charge in [-0.25, -0.2) is 9.59 Å². The van der Waals surface area contributed by atoms with Gasteiger partial charge in [0.15, 0.2) is 0 Å². The van der Waals surface area contributed by atoms with Crippen molar-refractivity contribution in [3.05, 3.63) is 29.4 Å². The van der Waals surface area contributed by atoms with Gasteiger partial charge in [0.25, 0.3) is 0 Å². The Morgan fingerprint density at radius 3 is 2.46 bits per heavy atom. The molecular weight excluding hydrogens is 215 g/mol. The Morgan fingerprint density at radius 2 is 2.08 bits per heavy atom. The average molecular weight is 223 g/mol. The number of halogens is 2. The maximum Gasteiger partial charge on any atom is 0.336 e. The summed E-state index contributed by atoms with van der Waals surface area (Å²) in [4.78, 5) is 20.6. The molecule has 0 spiro atoms. The van der Waals surface area contributed by atoms with Crippen LogP contribution >= 0.6 is 24.8 Å². The predicted molar refractivity (Wildman–Crippen MR) is 53.2 cm³/mol. The Morgan fingerprint density at radius 1 is 1.46 bits per heavy atom. The van der Waals surface area contributed by atoms with Crippen LogP contribution in [0.15, 0.2) is 29.4 Å². The quantitative estimate of drug-likeness (QED) is 0.686. The largest absolute Gasteiger partial charge is 0.478 e. The predicted octanol–water partition coefficient (Wildman–Crippen LogP) is 1.56. The van der Waals surface area contributed by atoms with Crippen molar-refractivity contribution in [1.29, 1.82) is 0 Å². The highest BCUT2D eigenvalue weighted by Crippen LogP contribution is 2.16. The minimum absolute atomic E-state index is 0. The zero-order chi connectivity index (χ0) is 8.27. The van der Waals surface area contributed by atoms with Crippen molar-refractivity contribution in [1.82, 2.24) is 0 Å². The molecule has 1 N–H and O–H groups in total. The second-order valence-corrected chi connectivity index (χ2v) is 2.10. The average Bonchev–Trinajstić information content (AvgIpc) is 2.04. The third-order valence-electron chi connectivity index (χ3n) is 1.40. The summed E-state index contributed by atoms with van der Waals surface area (Å²) in [6.07, 6.45) is 5.09. The molecule has 0 saturated heterocycles. The number of rotatable bonds is 1. The third kappa shape index (κ3) is 3.47. The normalized spacial score (nSPS) is 13.2. The van der Waals surface area contributed by atoms with Crippen LogP contribution in [0.5, 0.6) is 0 Å². The molecule has 1 aliphatic carbocycles. The maximum absolute atomic E-state index is 10.4. The first-order valence-corrected chi connectivity index (χ1v) is 3.10. The molecule has 5 heteroatoms. The van der Waals surface area contributed by atoms with Crippen molar-refractivity contribution in [3.8, 4) is 0 Å². The molecule has 0 radical (unpaired) electrons.